The highest BCUT2D eigenvalue weighted by Gasteiger charge is 2.11. The van der Waals surface area contributed by atoms with E-state index in [1.807, 2.05) is 36.4 Å². The van der Waals surface area contributed by atoms with Crippen LogP contribution < -0.4 is 5.32 Å². The zero-order valence-electron chi connectivity index (χ0n) is 13.4. The standard InChI is InChI=1S/C20H12BrClN2O2/c21-14-5-1-3-12(9-14)19(25)23-16-6-2-4-13(10-16)20-24-17-11-15(22)7-8-18(17)26-20/h1-11H,(H,23,25). The van der Waals surface area contributed by atoms with Crippen molar-refractivity contribution in [2.75, 3.05) is 5.32 Å². The van der Waals surface area contributed by atoms with E-state index in [1.54, 1.807) is 30.3 Å². The maximum absolute atomic E-state index is 12.4. The third-order valence-electron chi connectivity index (χ3n) is 3.80. The van der Waals surface area contributed by atoms with Crippen LogP contribution in [0.3, 0.4) is 0 Å². The van der Waals surface area contributed by atoms with Gasteiger partial charge in [0.25, 0.3) is 5.91 Å². The highest BCUT2D eigenvalue weighted by Crippen LogP contribution is 2.28. The number of benzene rings is 3. The van der Waals surface area contributed by atoms with E-state index in [2.05, 4.69) is 26.2 Å². The summed E-state index contributed by atoms with van der Waals surface area (Å²) in [4.78, 5) is 16.9. The Kier molecular flexibility index (Phi) is 4.49. The van der Waals surface area contributed by atoms with Crippen molar-refractivity contribution < 1.29 is 9.21 Å². The largest absolute Gasteiger partial charge is 0.436 e. The normalized spacial score (nSPS) is 10.8. The SMILES string of the molecule is O=C(Nc1cccc(-c2nc3cc(Cl)ccc3o2)c1)c1cccc(Br)c1. The first-order valence-electron chi connectivity index (χ1n) is 7.82. The summed E-state index contributed by atoms with van der Waals surface area (Å²) in [5, 5.41) is 3.49. The average Bonchev–Trinajstić information content (AvgIpc) is 3.05. The van der Waals surface area contributed by atoms with Crippen molar-refractivity contribution in [2.45, 2.75) is 0 Å². The first kappa shape index (κ1) is 16.8. The molecule has 4 rings (SSSR count). The van der Waals surface area contributed by atoms with Gasteiger partial charge in [0.1, 0.15) is 5.52 Å². The van der Waals surface area contributed by atoms with E-state index in [1.165, 1.54) is 0 Å². The summed E-state index contributed by atoms with van der Waals surface area (Å²) >= 11 is 9.36. The van der Waals surface area contributed by atoms with Crippen LogP contribution in [0, 0.1) is 0 Å². The number of hydrogen-bond acceptors (Lipinski definition) is 3. The van der Waals surface area contributed by atoms with E-state index < -0.39 is 0 Å². The summed E-state index contributed by atoms with van der Waals surface area (Å²) in [6.45, 7) is 0. The van der Waals surface area contributed by atoms with Crippen LogP contribution in [-0.2, 0) is 0 Å². The lowest BCUT2D eigenvalue weighted by Crippen LogP contribution is -2.11. The maximum Gasteiger partial charge on any atom is 0.255 e. The van der Waals surface area contributed by atoms with Gasteiger partial charge in [-0.1, -0.05) is 39.7 Å². The molecule has 6 heteroatoms. The molecule has 4 aromatic rings. The van der Waals surface area contributed by atoms with E-state index >= 15 is 0 Å². The van der Waals surface area contributed by atoms with Gasteiger partial charge in [-0.15, -0.1) is 0 Å². The lowest BCUT2D eigenvalue weighted by molar-refractivity contribution is 0.102. The third kappa shape index (κ3) is 3.49. The van der Waals surface area contributed by atoms with Crippen LogP contribution in [0.1, 0.15) is 10.4 Å². The molecular weight excluding hydrogens is 416 g/mol. The number of amides is 1. The van der Waals surface area contributed by atoms with E-state index in [0.29, 0.717) is 33.3 Å². The fraction of sp³-hybridized carbons (Fsp3) is 0. The van der Waals surface area contributed by atoms with Crippen molar-refractivity contribution in [3.05, 3.63) is 81.8 Å². The Morgan fingerprint density at radius 1 is 1.04 bits per heavy atom. The number of halogens is 2. The van der Waals surface area contributed by atoms with Crippen molar-refractivity contribution in [3.63, 3.8) is 0 Å². The van der Waals surface area contributed by atoms with Crippen LogP contribution in [-0.4, -0.2) is 10.9 Å². The third-order valence-corrected chi connectivity index (χ3v) is 4.53. The van der Waals surface area contributed by atoms with Crippen molar-refractivity contribution in [1.29, 1.82) is 0 Å². The van der Waals surface area contributed by atoms with Gasteiger partial charge in [-0.25, -0.2) is 4.98 Å². The summed E-state index contributed by atoms with van der Waals surface area (Å²) in [6, 6.07) is 19.9. The van der Waals surface area contributed by atoms with Gasteiger partial charge in [0.15, 0.2) is 5.58 Å². The number of nitrogens with zero attached hydrogens (tertiary/aromatic N) is 1. The molecule has 0 unspecified atom stereocenters. The molecule has 3 aromatic carbocycles. The van der Waals surface area contributed by atoms with Crippen molar-refractivity contribution in [1.82, 2.24) is 4.98 Å². The highest BCUT2D eigenvalue weighted by molar-refractivity contribution is 9.10. The van der Waals surface area contributed by atoms with E-state index in [4.69, 9.17) is 16.0 Å². The number of rotatable bonds is 3. The summed E-state index contributed by atoms with van der Waals surface area (Å²) < 4.78 is 6.63. The Hall–Kier alpha value is -2.63. The molecule has 0 radical (unpaired) electrons. The van der Waals surface area contributed by atoms with Gasteiger partial charge < -0.3 is 9.73 Å². The van der Waals surface area contributed by atoms with E-state index in [-0.39, 0.29) is 5.91 Å². The van der Waals surface area contributed by atoms with Gasteiger partial charge in [0.2, 0.25) is 5.89 Å². The van der Waals surface area contributed by atoms with Gasteiger partial charge in [-0.2, -0.15) is 0 Å². The van der Waals surface area contributed by atoms with Crippen LogP contribution in [0.25, 0.3) is 22.6 Å². The molecule has 4 nitrogen and oxygen atoms in total. The monoisotopic (exact) mass is 426 g/mol. The first-order valence-corrected chi connectivity index (χ1v) is 8.99. The van der Waals surface area contributed by atoms with Crippen molar-refractivity contribution in [2.24, 2.45) is 0 Å². The van der Waals surface area contributed by atoms with Crippen LogP contribution in [0.15, 0.2) is 75.6 Å². The first-order chi connectivity index (χ1) is 12.6. The van der Waals surface area contributed by atoms with E-state index in [9.17, 15) is 4.79 Å². The van der Waals surface area contributed by atoms with Gasteiger partial charge in [-0.3, -0.25) is 4.79 Å². The number of fused-ring (bicyclic) bond motifs is 1. The Morgan fingerprint density at radius 2 is 1.88 bits per heavy atom. The zero-order chi connectivity index (χ0) is 18.1. The number of anilines is 1. The van der Waals surface area contributed by atoms with Gasteiger partial charge in [0.05, 0.1) is 0 Å². The molecule has 0 bridgehead atoms. The smallest absolute Gasteiger partial charge is 0.255 e. The minimum Gasteiger partial charge on any atom is -0.436 e. The quantitative estimate of drug-likeness (QED) is 0.426. The number of hydrogen-bond donors (Lipinski definition) is 1. The summed E-state index contributed by atoms with van der Waals surface area (Å²) in [7, 11) is 0. The summed E-state index contributed by atoms with van der Waals surface area (Å²) in [5.41, 5.74) is 3.35. The fourth-order valence-electron chi connectivity index (χ4n) is 2.59. The molecule has 26 heavy (non-hydrogen) atoms. The van der Waals surface area contributed by atoms with Gasteiger partial charge >= 0.3 is 0 Å². The molecule has 1 N–H and O–H groups in total. The molecular formula is C20H12BrClN2O2. The number of oxazole rings is 1. The molecule has 0 atom stereocenters. The average molecular weight is 428 g/mol. The number of carbonyl (C=O) groups excluding carboxylic acids is 1. The molecule has 0 fully saturated rings. The minimum atomic E-state index is -0.187. The van der Waals surface area contributed by atoms with Crippen LogP contribution in [0.5, 0.6) is 0 Å². The molecule has 0 aliphatic carbocycles. The molecule has 0 saturated heterocycles. The Morgan fingerprint density at radius 3 is 2.73 bits per heavy atom. The second kappa shape index (κ2) is 6.94. The predicted octanol–water partition coefficient (Wildman–Crippen LogP) is 6.16. The molecule has 128 valence electrons. The number of aromatic nitrogens is 1. The molecule has 0 spiro atoms. The molecule has 1 amide bonds. The Bertz CT molecular complexity index is 1120. The van der Waals surface area contributed by atoms with Crippen LogP contribution >= 0.6 is 27.5 Å². The van der Waals surface area contributed by atoms with Gasteiger partial charge in [-0.05, 0) is 54.6 Å². The van der Waals surface area contributed by atoms with Gasteiger partial charge in [0, 0.05) is 26.3 Å². The molecule has 1 heterocycles. The second-order valence-corrected chi connectivity index (χ2v) is 7.03. The lowest BCUT2D eigenvalue weighted by Gasteiger charge is -2.06. The summed E-state index contributed by atoms with van der Waals surface area (Å²) in [6.07, 6.45) is 0. The Balaban J connectivity index is 1.62. The predicted molar refractivity (Wildman–Crippen MR) is 107 cm³/mol. The van der Waals surface area contributed by atoms with E-state index in [0.717, 1.165) is 10.0 Å². The molecule has 0 aliphatic rings. The summed E-state index contributed by atoms with van der Waals surface area (Å²) in [5.74, 6) is 0.286. The maximum atomic E-state index is 12.4. The van der Waals surface area contributed by atoms with Crippen LogP contribution in [0.2, 0.25) is 5.02 Å². The zero-order valence-corrected chi connectivity index (χ0v) is 15.7. The second-order valence-electron chi connectivity index (χ2n) is 5.68. The minimum absolute atomic E-state index is 0.187. The lowest BCUT2D eigenvalue weighted by atomic mass is 10.1. The number of carbonyl (C=O) groups is 1. The van der Waals surface area contributed by atoms with Crippen molar-refractivity contribution in [3.8, 4) is 11.5 Å². The highest BCUT2D eigenvalue weighted by atomic mass is 79.9. The molecule has 0 aliphatic heterocycles. The van der Waals surface area contributed by atoms with Crippen LogP contribution in [0.4, 0.5) is 5.69 Å². The molecule has 1 aromatic heterocycles. The number of nitrogens with one attached hydrogen (secondary N) is 1. The fourth-order valence-corrected chi connectivity index (χ4v) is 3.15. The van der Waals surface area contributed by atoms with Crippen molar-refractivity contribution >= 4 is 50.2 Å². The molecule has 0 saturated carbocycles. The Labute approximate surface area is 162 Å². The topological polar surface area (TPSA) is 55.1 Å².